The first-order valence-electron chi connectivity index (χ1n) is 12.0. The lowest BCUT2D eigenvalue weighted by Crippen LogP contribution is -2.14. The molecule has 0 aliphatic carbocycles. The predicted octanol–water partition coefficient (Wildman–Crippen LogP) is 7.29. The van der Waals surface area contributed by atoms with Gasteiger partial charge in [0.15, 0.2) is 0 Å². The smallest absolute Gasteiger partial charge is 0.261 e. The number of aryl methyl sites for hydroxylation is 4. The van der Waals surface area contributed by atoms with Crippen LogP contribution in [0, 0.1) is 20.8 Å². The molecule has 0 amide bonds. The lowest BCUT2D eigenvalue weighted by molar-refractivity contribution is 0.601. The molecule has 0 fully saturated rings. The minimum absolute atomic E-state index is 0.203. The number of fused-ring (bicyclic) bond motifs is 3. The number of hydrogen-bond donors (Lipinski definition) is 1. The van der Waals surface area contributed by atoms with E-state index in [2.05, 4.69) is 63.7 Å². The van der Waals surface area contributed by atoms with Gasteiger partial charge in [-0.1, -0.05) is 42.0 Å². The second-order valence-corrected chi connectivity index (χ2v) is 10.9. The van der Waals surface area contributed by atoms with Crippen LogP contribution in [0.3, 0.4) is 0 Å². The van der Waals surface area contributed by atoms with E-state index in [1.807, 2.05) is 39.1 Å². The molecule has 5 nitrogen and oxygen atoms in total. The zero-order chi connectivity index (χ0) is 25.4. The van der Waals surface area contributed by atoms with Gasteiger partial charge in [0.2, 0.25) is 0 Å². The maximum absolute atomic E-state index is 13.0. The Labute approximate surface area is 212 Å². The molecule has 0 aliphatic rings. The van der Waals surface area contributed by atoms with Crippen molar-refractivity contribution in [2.75, 3.05) is 4.72 Å². The Balaban J connectivity index is 1.39. The van der Waals surface area contributed by atoms with Crippen LogP contribution in [0.25, 0.3) is 21.8 Å². The zero-order valence-corrected chi connectivity index (χ0v) is 21.7. The monoisotopic (exact) mass is 495 g/mol. The second kappa shape index (κ2) is 9.28. The summed E-state index contributed by atoms with van der Waals surface area (Å²) in [7, 11) is -3.70. The quantitative estimate of drug-likeness (QED) is 0.251. The van der Waals surface area contributed by atoms with Crippen molar-refractivity contribution in [3.05, 3.63) is 101 Å². The fourth-order valence-corrected chi connectivity index (χ4v) is 6.09. The van der Waals surface area contributed by atoms with Gasteiger partial charge < -0.3 is 4.57 Å². The van der Waals surface area contributed by atoms with Crippen LogP contribution in [0.1, 0.15) is 29.2 Å². The van der Waals surface area contributed by atoms with Crippen LogP contribution in [0.15, 0.2) is 88.8 Å². The fraction of sp³-hybridized carbons (Fsp3) is 0.167. The first kappa shape index (κ1) is 23.8. The second-order valence-electron chi connectivity index (χ2n) is 9.17. The Morgan fingerprint density at radius 1 is 0.833 bits per heavy atom. The molecule has 0 saturated heterocycles. The molecule has 1 aromatic heterocycles. The van der Waals surface area contributed by atoms with E-state index >= 15 is 0 Å². The summed E-state index contributed by atoms with van der Waals surface area (Å²) >= 11 is 0. The van der Waals surface area contributed by atoms with Gasteiger partial charge in [-0.2, -0.15) is 0 Å². The molecule has 0 spiro atoms. The number of anilines is 1. The topological polar surface area (TPSA) is 63.5 Å². The molecule has 0 aliphatic heterocycles. The lowest BCUT2D eigenvalue weighted by atomic mass is 10.1. The molecule has 0 unspecified atom stereocenters. The highest BCUT2D eigenvalue weighted by Gasteiger charge is 2.17. The van der Waals surface area contributed by atoms with Gasteiger partial charge in [0.1, 0.15) is 0 Å². The van der Waals surface area contributed by atoms with E-state index in [9.17, 15) is 8.42 Å². The van der Waals surface area contributed by atoms with E-state index in [-0.39, 0.29) is 4.90 Å². The standard InChI is InChI=1S/C30H29N3O2S/c1-5-33-28-9-7-6-8-26(28)27-18-23(10-15-29(27)33)19-31-24-11-13-25(14-12-24)36(34,35)32-30-21(3)16-20(2)17-22(30)4/h6-19,32H,5H2,1-4H3. The van der Waals surface area contributed by atoms with Gasteiger partial charge in [0, 0.05) is 34.6 Å². The molecule has 4 aromatic carbocycles. The van der Waals surface area contributed by atoms with Gasteiger partial charge in [-0.15, -0.1) is 0 Å². The number of aliphatic imine (C=N–C) groups is 1. The number of hydrogen-bond acceptors (Lipinski definition) is 3. The van der Waals surface area contributed by atoms with Gasteiger partial charge in [-0.25, -0.2) is 8.42 Å². The highest BCUT2D eigenvalue weighted by atomic mass is 32.2. The maximum atomic E-state index is 13.0. The molecule has 0 radical (unpaired) electrons. The van der Waals surface area contributed by atoms with Crippen molar-refractivity contribution < 1.29 is 8.42 Å². The summed E-state index contributed by atoms with van der Waals surface area (Å²) in [6.45, 7) is 8.88. The molecule has 1 N–H and O–H groups in total. The molecule has 0 saturated carbocycles. The van der Waals surface area contributed by atoms with E-state index < -0.39 is 10.0 Å². The first-order chi connectivity index (χ1) is 17.3. The summed E-state index contributed by atoms with van der Waals surface area (Å²) in [4.78, 5) is 4.79. The third-order valence-electron chi connectivity index (χ3n) is 6.54. The number of rotatable bonds is 6. The molecule has 182 valence electrons. The first-order valence-corrected chi connectivity index (χ1v) is 13.5. The van der Waals surface area contributed by atoms with E-state index in [4.69, 9.17) is 0 Å². The molecule has 0 atom stereocenters. The Morgan fingerprint density at radius 2 is 1.50 bits per heavy atom. The summed E-state index contributed by atoms with van der Waals surface area (Å²) in [6, 6.07) is 25.4. The van der Waals surface area contributed by atoms with Crippen molar-refractivity contribution in [1.82, 2.24) is 4.57 Å². The van der Waals surface area contributed by atoms with Crippen molar-refractivity contribution in [2.45, 2.75) is 39.1 Å². The third kappa shape index (κ3) is 4.40. The molecule has 6 heteroatoms. The van der Waals surface area contributed by atoms with Crippen LogP contribution in [0.4, 0.5) is 11.4 Å². The molecular weight excluding hydrogens is 466 g/mol. The fourth-order valence-electron chi connectivity index (χ4n) is 4.89. The van der Waals surface area contributed by atoms with Crippen LogP contribution < -0.4 is 4.72 Å². The zero-order valence-electron chi connectivity index (χ0n) is 20.9. The van der Waals surface area contributed by atoms with Gasteiger partial charge in [-0.05, 0) is 86.8 Å². The van der Waals surface area contributed by atoms with Crippen molar-refractivity contribution in [3.8, 4) is 0 Å². The van der Waals surface area contributed by atoms with E-state index in [1.165, 1.54) is 21.8 Å². The number of nitrogens with zero attached hydrogens (tertiary/aromatic N) is 2. The maximum Gasteiger partial charge on any atom is 0.261 e. The van der Waals surface area contributed by atoms with Gasteiger partial charge in [-0.3, -0.25) is 9.71 Å². The summed E-state index contributed by atoms with van der Waals surface area (Å²) < 4.78 is 31.0. The Bertz CT molecular complexity index is 1710. The van der Waals surface area contributed by atoms with Gasteiger partial charge in [0.25, 0.3) is 10.0 Å². The normalized spacial score (nSPS) is 12.1. The average Bonchev–Trinajstić information content (AvgIpc) is 3.18. The van der Waals surface area contributed by atoms with E-state index in [1.54, 1.807) is 24.3 Å². The number of benzene rings is 4. The Hall–Kier alpha value is -3.90. The third-order valence-corrected chi connectivity index (χ3v) is 7.90. The lowest BCUT2D eigenvalue weighted by Gasteiger charge is -2.14. The SMILES string of the molecule is CCn1c2ccccc2c2cc(C=Nc3ccc(S(=O)(=O)Nc4c(C)cc(C)cc4C)cc3)ccc21. The largest absolute Gasteiger partial charge is 0.341 e. The summed E-state index contributed by atoms with van der Waals surface area (Å²) in [6.07, 6.45) is 1.82. The molecule has 36 heavy (non-hydrogen) atoms. The average molecular weight is 496 g/mol. The van der Waals surface area contributed by atoms with E-state index in [0.29, 0.717) is 11.4 Å². The molecule has 5 rings (SSSR count). The van der Waals surface area contributed by atoms with Crippen LogP contribution in [-0.4, -0.2) is 19.2 Å². The number of sulfonamides is 1. The summed E-state index contributed by atoms with van der Waals surface area (Å²) in [5, 5.41) is 2.43. The number of nitrogens with one attached hydrogen (secondary N) is 1. The van der Waals surface area contributed by atoms with Gasteiger partial charge >= 0.3 is 0 Å². The highest BCUT2D eigenvalue weighted by Crippen LogP contribution is 2.30. The number of para-hydroxylation sites is 1. The molecule has 5 aromatic rings. The van der Waals surface area contributed by atoms with Crippen molar-refractivity contribution in [2.24, 2.45) is 4.99 Å². The van der Waals surface area contributed by atoms with Crippen molar-refractivity contribution in [3.63, 3.8) is 0 Å². The molecule has 1 heterocycles. The minimum atomic E-state index is -3.70. The minimum Gasteiger partial charge on any atom is -0.341 e. The van der Waals surface area contributed by atoms with Gasteiger partial charge in [0.05, 0.1) is 16.3 Å². The number of aromatic nitrogens is 1. The van der Waals surface area contributed by atoms with Crippen molar-refractivity contribution >= 4 is 49.4 Å². The Kier molecular flexibility index (Phi) is 6.14. The Morgan fingerprint density at radius 3 is 2.19 bits per heavy atom. The van der Waals surface area contributed by atoms with Crippen molar-refractivity contribution in [1.29, 1.82) is 0 Å². The molecular formula is C30H29N3O2S. The predicted molar refractivity (Wildman–Crippen MR) is 150 cm³/mol. The summed E-state index contributed by atoms with van der Waals surface area (Å²) in [5.74, 6) is 0. The molecule has 0 bridgehead atoms. The van der Waals surface area contributed by atoms with Crippen LogP contribution in [0.5, 0.6) is 0 Å². The summed E-state index contributed by atoms with van der Waals surface area (Å²) in [5.41, 5.74) is 7.64. The van der Waals surface area contributed by atoms with Crippen LogP contribution >= 0.6 is 0 Å². The highest BCUT2D eigenvalue weighted by molar-refractivity contribution is 7.92. The van der Waals surface area contributed by atoms with Crippen LogP contribution in [-0.2, 0) is 16.6 Å². The van der Waals surface area contributed by atoms with Crippen LogP contribution in [0.2, 0.25) is 0 Å². The van der Waals surface area contributed by atoms with E-state index in [0.717, 1.165) is 28.8 Å².